The van der Waals surface area contributed by atoms with Crippen molar-refractivity contribution in [1.82, 2.24) is 4.98 Å². The highest BCUT2D eigenvalue weighted by atomic mass is 79.9. The molecule has 0 amide bonds. The molecule has 0 saturated heterocycles. The monoisotopic (exact) mass is 312 g/mol. The van der Waals surface area contributed by atoms with Crippen molar-refractivity contribution in [2.24, 2.45) is 0 Å². The van der Waals surface area contributed by atoms with Gasteiger partial charge in [-0.2, -0.15) is 0 Å². The summed E-state index contributed by atoms with van der Waals surface area (Å²) in [5.74, 6) is 0. The number of nitrogens with zero attached hydrogens (tertiary/aromatic N) is 1. The molecule has 0 bridgehead atoms. The summed E-state index contributed by atoms with van der Waals surface area (Å²) in [7, 11) is 0. The van der Waals surface area contributed by atoms with Gasteiger partial charge in [0.1, 0.15) is 0 Å². The zero-order valence-corrected chi connectivity index (χ0v) is 11.9. The molecule has 0 atom stereocenters. The summed E-state index contributed by atoms with van der Waals surface area (Å²) in [4.78, 5) is 4.12. The molecule has 0 aliphatic carbocycles. The lowest BCUT2D eigenvalue weighted by Gasteiger charge is -2.08. The molecule has 2 nitrogen and oxygen atoms in total. The van der Waals surface area contributed by atoms with Crippen molar-refractivity contribution in [3.63, 3.8) is 0 Å². The van der Waals surface area contributed by atoms with Crippen molar-refractivity contribution in [3.05, 3.63) is 71.0 Å². The third-order valence-electron chi connectivity index (χ3n) is 3.03. The van der Waals surface area contributed by atoms with E-state index in [0.29, 0.717) is 0 Å². The number of nitrogens with one attached hydrogen (secondary N) is 1. The molecular formula is C16H13BrN2. The van der Waals surface area contributed by atoms with Crippen LogP contribution in [0, 0.1) is 0 Å². The molecule has 94 valence electrons. The minimum Gasteiger partial charge on any atom is -0.381 e. The molecule has 2 aromatic carbocycles. The largest absolute Gasteiger partial charge is 0.381 e. The van der Waals surface area contributed by atoms with E-state index >= 15 is 0 Å². The van der Waals surface area contributed by atoms with Crippen LogP contribution < -0.4 is 5.32 Å². The fourth-order valence-corrected chi connectivity index (χ4v) is 2.44. The minimum atomic E-state index is 0.814. The van der Waals surface area contributed by atoms with Crippen molar-refractivity contribution in [2.75, 3.05) is 5.32 Å². The molecule has 0 unspecified atom stereocenters. The highest BCUT2D eigenvalue weighted by Crippen LogP contribution is 2.18. The zero-order chi connectivity index (χ0) is 13.1. The first-order valence-electron chi connectivity index (χ1n) is 6.13. The van der Waals surface area contributed by atoms with Crippen LogP contribution in [0.4, 0.5) is 5.69 Å². The Morgan fingerprint density at radius 1 is 1.00 bits per heavy atom. The van der Waals surface area contributed by atoms with E-state index in [1.165, 1.54) is 16.3 Å². The van der Waals surface area contributed by atoms with Crippen LogP contribution in [0.1, 0.15) is 5.56 Å². The molecule has 3 heteroatoms. The summed E-state index contributed by atoms with van der Waals surface area (Å²) >= 11 is 3.47. The molecule has 3 rings (SSSR count). The maximum atomic E-state index is 4.12. The third kappa shape index (κ3) is 2.93. The number of benzene rings is 2. The predicted molar refractivity (Wildman–Crippen MR) is 83.2 cm³/mol. The van der Waals surface area contributed by atoms with E-state index in [4.69, 9.17) is 0 Å². The first-order chi connectivity index (χ1) is 9.31. The van der Waals surface area contributed by atoms with Gasteiger partial charge in [0, 0.05) is 34.5 Å². The lowest BCUT2D eigenvalue weighted by atomic mass is 10.1. The van der Waals surface area contributed by atoms with Crippen LogP contribution in [-0.2, 0) is 6.54 Å². The standard InChI is InChI=1S/C16H13BrN2/c17-15-2-1-3-16(9-15)19-10-12-4-5-14-11-18-7-6-13(14)8-12/h1-9,11,19H,10H2. The molecule has 3 aromatic rings. The topological polar surface area (TPSA) is 24.9 Å². The lowest BCUT2D eigenvalue weighted by molar-refractivity contribution is 1.15. The maximum absolute atomic E-state index is 4.12. The van der Waals surface area contributed by atoms with Gasteiger partial charge in [-0.3, -0.25) is 4.98 Å². The summed E-state index contributed by atoms with van der Waals surface area (Å²) in [6, 6.07) is 16.7. The molecule has 19 heavy (non-hydrogen) atoms. The third-order valence-corrected chi connectivity index (χ3v) is 3.52. The Morgan fingerprint density at radius 3 is 2.84 bits per heavy atom. The second-order valence-corrected chi connectivity index (χ2v) is 5.34. The van der Waals surface area contributed by atoms with Crippen molar-refractivity contribution in [1.29, 1.82) is 0 Å². The van der Waals surface area contributed by atoms with E-state index in [9.17, 15) is 0 Å². The van der Waals surface area contributed by atoms with Crippen LogP contribution in [0.2, 0.25) is 0 Å². The molecule has 0 aliphatic heterocycles. The summed E-state index contributed by atoms with van der Waals surface area (Å²) in [6.45, 7) is 0.814. The molecule has 0 saturated carbocycles. The predicted octanol–water partition coefficient (Wildman–Crippen LogP) is 4.61. The van der Waals surface area contributed by atoms with Crippen LogP contribution in [0.15, 0.2) is 65.4 Å². The van der Waals surface area contributed by atoms with Crippen LogP contribution in [0.3, 0.4) is 0 Å². The van der Waals surface area contributed by atoms with Gasteiger partial charge in [-0.25, -0.2) is 0 Å². The van der Waals surface area contributed by atoms with Crippen LogP contribution in [0.5, 0.6) is 0 Å². The van der Waals surface area contributed by atoms with Gasteiger partial charge in [-0.15, -0.1) is 0 Å². The molecule has 1 aromatic heterocycles. The summed E-state index contributed by atoms with van der Waals surface area (Å²) in [5.41, 5.74) is 2.38. The minimum absolute atomic E-state index is 0.814. The Kier molecular flexibility index (Phi) is 3.47. The van der Waals surface area contributed by atoms with Crippen molar-refractivity contribution in [3.8, 4) is 0 Å². The second-order valence-electron chi connectivity index (χ2n) is 4.42. The lowest BCUT2D eigenvalue weighted by Crippen LogP contribution is -1.99. The number of anilines is 1. The molecule has 0 fully saturated rings. The highest BCUT2D eigenvalue weighted by Gasteiger charge is 1.97. The molecule has 1 N–H and O–H groups in total. The number of fused-ring (bicyclic) bond motifs is 1. The summed E-state index contributed by atoms with van der Waals surface area (Å²) < 4.78 is 1.09. The molecule has 0 radical (unpaired) electrons. The number of hydrogen-bond acceptors (Lipinski definition) is 2. The number of pyridine rings is 1. The van der Waals surface area contributed by atoms with E-state index in [1.807, 2.05) is 30.6 Å². The Hall–Kier alpha value is -1.87. The van der Waals surface area contributed by atoms with Crippen LogP contribution >= 0.6 is 15.9 Å². The van der Waals surface area contributed by atoms with Gasteiger partial charge in [0.25, 0.3) is 0 Å². The molecular weight excluding hydrogens is 300 g/mol. The fraction of sp³-hybridized carbons (Fsp3) is 0.0625. The average molecular weight is 313 g/mol. The fourth-order valence-electron chi connectivity index (χ4n) is 2.05. The normalized spacial score (nSPS) is 10.6. The molecule has 0 spiro atoms. The van der Waals surface area contributed by atoms with Crippen molar-refractivity contribution >= 4 is 32.4 Å². The van der Waals surface area contributed by atoms with Gasteiger partial charge in [0.2, 0.25) is 0 Å². The Balaban J connectivity index is 1.78. The quantitative estimate of drug-likeness (QED) is 0.764. The number of hydrogen-bond donors (Lipinski definition) is 1. The van der Waals surface area contributed by atoms with Crippen molar-refractivity contribution in [2.45, 2.75) is 6.54 Å². The first kappa shape index (κ1) is 12.2. The van der Waals surface area contributed by atoms with Gasteiger partial charge in [0.15, 0.2) is 0 Å². The van der Waals surface area contributed by atoms with Crippen LogP contribution in [-0.4, -0.2) is 4.98 Å². The smallest absolute Gasteiger partial charge is 0.0401 e. The molecule has 1 heterocycles. The second kappa shape index (κ2) is 5.41. The number of aromatic nitrogens is 1. The van der Waals surface area contributed by atoms with Crippen molar-refractivity contribution < 1.29 is 0 Å². The van der Waals surface area contributed by atoms with Gasteiger partial charge in [0.05, 0.1) is 0 Å². The first-order valence-corrected chi connectivity index (χ1v) is 6.93. The van der Waals surface area contributed by atoms with E-state index in [0.717, 1.165) is 16.7 Å². The molecule has 0 aliphatic rings. The van der Waals surface area contributed by atoms with Gasteiger partial charge in [-0.05, 0) is 41.3 Å². The van der Waals surface area contributed by atoms with E-state index in [-0.39, 0.29) is 0 Å². The zero-order valence-electron chi connectivity index (χ0n) is 10.3. The maximum Gasteiger partial charge on any atom is 0.0401 e. The van der Waals surface area contributed by atoms with E-state index in [2.05, 4.69) is 56.6 Å². The van der Waals surface area contributed by atoms with E-state index < -0.39 is 0 Å². The Bertz CT molecular complexity index is 710. The Labute approximate surface area is 120 Å². The average Bonchev–Trinajstić information content (AvgIpc) is 2.45. The van der Waals surface area contributed by atoms with Crippen LogP contribution in [0.25, 0.3) is 10.8 Å². The van der Waals surface area contributed by atoms with E-state index in [1.54, 1.807) is 0 Å². The highest BCUT2D eigenvalue weighted by molar-refractivity contribution is 9.10. The summed E-state index contributed by atoms with van der Waals surface area (Å²) in [5, 5.41) is 5.82. The number of rotatable bonds is 3. The SMILES string of the molecule is Brc1cccc(NCc2ccc3cnccc3c2)c1. The Morgan fingerprint density at radius 2 is 1.95 bits per heavy atom. The van der Waals surface area contributed by atoms with Gasteiger partial charge >= 0.3 is 0 Å². The summed E-state index contributed by atoms with van der Waals surface area (Å²) in [6.07, 6.45) is 3.72. The van der Waals surface area contributed by atoms with Gasteiger partial charge < -0.3 is 5.32 Å². The van der Waals surface area contributed by atoms with Gasteiger partial charge in [-0.1, -0.05) is 34.1 Å². The number of halogens is 1.